The highest BCUT2D eigenvalue weighted by atomic mass is 16.6. The molecule has 1 amide bonds. The molecule has 98 valence electrons. The summed E-state index contributed by atoms with van der Waals surface area (Å²) in [4.78, 5) is 12.0. The third-order valence-electron chi connectivity index (χ3n) is 3.61. The Morgan fingerprint density at radius 1 is 1.29 bits per heavy atom. The number of amides is 1. The van der Waals surface area contributed by atoms with Crippen LogP contribution in [0.4, 0.5) is 0 Å². The number of nitrogens with one attached hydrogen (secondary N) is 1. The molecule has 1 aliphatic heterocycles. The number of aliphatic hydroxyl groups is 1. The first-order valence-corrected chi connectivity index (χ1v) is 6.38. The van der Waals surface area contributed by atoms with E-state index in [1.807, 2.05) is 0 Å². The summed E-state index contributed by atoms with van der Waals surface area (Å²) in [5, 5.41) is 12.5. The third-order valence-corrected chi connectivity index (χ3v) is 3.61. The van der Waals surface area contributed by atoms with Crippen LogP contribution in [0.15, 0.2) is 0 Å². The lowest BCUT2D eigenvalue weighted by Gasteiger charge is -2.37. The zero-order chi connectivity index (χ0) is 12.1. The number of carbonyl (C=O) groups is 1. The summed E-state index contributed by atoms with van der Waals surface area (Å²) in [5.74, 6) is -0.152. The molecule has 1 atom stereocenters. The fourth-order valence-corrected chi connectivity index (χ4v) is 2.53. The third kappa shape index (κ3) is 3.18. The summed E-state index contributed by atoms with van der Waals surface area (Å²) in [5.41, 5.74) is -0.434. The van der Waals surface area contributed by atoms with Crippen LogP contribution < -0.4 is 5.32 Å². The number of ether oxygens (including phenoxy) is 2. The lowest BCUT2D eigenvalue weighted by molar-refractivity contribution is -0.150. The quantitative estimate of drug-likeness (QED) is 0.743. The first-order valence-electron chi connectivity index (χ1n) is 6.38. The largest absolute Gasteiger partial charge is 0.394 e. The van der Waals surface area contributed by atoms with Gasteiger partial charge in [-0.3, -0.25) is 4.79 Å². The second-order valence-electron chi connectivity index (χ2n) is 4.92. The van der Waals surface area contributed by atoms with Crippen molar-refractivity contribution < 1.29 is 19.4 Å². The molecule has 17 heavy (non-hydrogen) atoms. The molecule has 0 aromatic carbocycles. The second-order valence-corrected chi connectivity index (χ2v) is 4.92. The van der Waals surface area contributed by atoms with Gasteiger partial charge in [-0.05, 0) is 12.8 Å². The van der Waals surface area contributed by atoms with Gasteiger partial charge >= 0.3 is 0 Å². The van der Waals surface area contributed by atoms with Gasteiger partial charge in [0.2, 0.25) is 0 Å². The molecule has 2 aliphatic rings. The van der Waals surface area contributed by atoms with Crippen LogP contribution in [0.3, 0.4) is 0 Å². The maximum absolute atomic E-state index is 12.0. The normalized spacial score (nSPS) is 28.6. The Bertz CT molecular complexity index is 257. The van der Waals surface area contributed by atoms with E-state index >= 15 is 0 Å². The van der Waals surface area contributed by atoms with Crippen molar-refractivity contribution in [3.05, 3.63) is 0 Å². The second kappa shape index (κ2) is 5.80. The van der Waals surface area contributed by atoms with Gasteiger partial charge in [-0.25, -0.2) is 0 Å². The summed E-state index contributed by atoms with van der Waals surface area (Å²) in [6, 6.07) is 0. The summed E-state index contributed by atoms with van der Waals surface area (Å²) in [6.07, 6.45) is 4.48. The predicted molar refractivity (Wildman–Crippen MR) is 61.6 cm³/mol. The number of aliphatic hydroxyl groups excluding tert-OH is 1. The van der Waals surface area contributed by atoms with Crippen molar-refractivity contribution >= 4 is 5.91 Å². The van der Waals surface area contributed by atoms with Crippen molar-refractivity contribution in [2.24, 2.45) is 0 Å². The van der Waals surface area contributed by atoms with Crippen molar-refractivity contribution in [3.63, 3.8) is 0 Å². The minimum Gasteiger partial charge on any atom is -0.394 e. The van der Waals surface area contributed by atoms with Crippen LogP contribution in [0.5, 0.6) is 0 Å². The molecule has 2 rings (SSSR count). The molecule has 1 saturated heterocycles. The molecular formula is C12H21NO4. The molecule has 0 radical (unpaired) electrons. The molecule has 0 spiro atoms. The van der Waals surface area contributed by atoms with Crippen molar-refractivity contribution in [3.8, 4) is 0 Å². The lowest BCUT2D eigenvalue weighted by Crippen LogP contribution is -2.56. The maximum Gasteiger partial charge on any atom is 0.252 e. The molecule has 1 aliphatic carbocycles. The Morgan fingerprint density at radius 2 is 2.06 bits per heavy atom. The average molecular weight is 243 g/mol. The molecule has 2 fully saturated rings. The standard InChI is InChI=1S/C12H21NO4/c14-9-12(4-2-1-3-5-12)13-11(15)10-8-16-6-7-17-10/h10,14H,1-9H2,(H,13,15). The van der Waals surface area contributed by atoms with Gasteiger partial charge in [-0.1, -0.05) is 19.3 Å². The molecule has 5 heteroatoms. The minimum atomic E-state index is -0.519. The van der Waals surface area contributed by atoms with Crippen LogP contribution >= 0.6 is 0 Å². The Kier molecular flexibility index (Phi) is 4.36. The first-order chi connectivity index (χ1) is 8.26. The zero-order valence-electron chi connectivity index (χ0n) is 10.1. The molecule has 2 N–H and O–H groups in total. The van der Waals surface area contributed by atoms with Gasteiger partial charge in [-0.15, -0.1) is 0 Å². The number of rotatable bonds is 3. The molecule has 1 heterocycles. The van der Waals surface area contributed by atoms with Gasteiger partial charge < -0.3 is 19.9 Å². The van der Waals surface area contributed by atoms with E-state index < -0.39 is 11.6 Å². The van der Waals surface area contributed by atoms with E-state index in [0.29, 0.717) is 19.8 Å². The van der Waals surface area contributed by atoms with Crippen LogP contribution in [-0.2, 0) is 14.3 Å². The Labute approximate surface area is 101 Å². The van der Waals surface area contributed by atoms with Crippen LogP contribution in [0.2, 0.25) is 0 Å². The average Bonchev–Trinajstić information content (AvgIpc) is 2.41. The zero-order valence-corrected chi connectivity index (χ0v) is 10.1. The van der Waals surface area contributed by atoms with Crippen molar-refractivity contribution in [1.82, 2.24) is 5.32 Å². The molecule has 1 saturated carbocycles. The highest BCUT2D eigenvalue weighted by molar-refractivity contribution is 5.81. The molecule has 0 aromatic rings. The van der Waals surface area contributed by atoms with E-state index in [0.717, 1.165) is 25.7 Å². The van der Waals surface area contributed by atoms with Crippen molar-refractivity contribution in [1.29, 1.82) is 0 Å². The summed E-state index contributed by atoms with van der Waals surface area (Å²) in [6.45, 7) is 1.33. The lowest BCUT2D eigenvalue weighted by atomic mass is 9.82. The molecule has 1 unspecified atom stereocenters. The minimum absolute atomic E-state index is 0.00627. The van der Waals surface area contributed by atoms with Gasteiger partial charge in [-0.2, -0.15) is 0 Å². The number of hydrogen-bond acceptors (Lipinski definition) is 4. The fraction of sp³-hybridized carbons (Fsp3) is 0.917. The molecule has 5 nitrogen and oxygen atoms in total. The highest BCUT2D eigenvalue weighted by Crippen LogP contribution is 2.27. The number of hydrogen-bond donors (Lipinski definition) is 2. The van der Waals surface area contributed by atoms with E-state index in [-0.39, 0.29) is 12.5 Å². The smallest absolute Gasteiger partial charge is 0.252 e. The molecule has 0 aromatic heterocycles. The van der Waals surface area contributed by atoms with Gasteiger partial charge in [0, 0.05) is 0 Å². The SMILES string of the molecule is O=C(NC1(CO)CCCCC1)C1COCCO1. The van der Waals surface area contributed by atoms with E-state index in [1.54, 1.807) is 0 Å². The van der Waals surface area contributed by atoms with E-state index in [9.17, 15) is 9.90 Å². The summed E-state index contributed by atoms with van der Waals surface area (Å²) in [7, 11) is 0. The summed E-state index contributed by atoms with van der Waals surface area (Å²) < 4.78 is 10.6. The molecular weight excluding hydrogens is 222 g/mol. The highest BCUT2D eigenvalue weighted by Gasteiger charge is 2.35. The number of carbonyl (C=O) groups excluding carboxylic acids is 1. The van der Waals surface area contributed by atoms with Crippen LogP contribution in [-0.4, -0.2) is 49.1 Å². The van der Waals surface area contributed by atoms with E-state index in [4.69, 9.17) is 9.47 Å². The maximum atomic E-state index is 12.0. The van der Waals surface area contributed by atoms with Gasteiger partial charge in [0.1, 0.15) is 0 Å². The van der Waals surface area contributed by atoms with Gasteiger partial charge in [0.25, 0.3) is 5.91 Å². The van der Waals surface area contributed by atoms with Crippen LogP contribution in [0.1, 0.15) is 32.1 Å². The predicted octanol–water partition coefficient (Wildman–Crippen LogP) is 0.213. The Balaban J connectivity index is 1.90. The monoisotopic (exact) mass is 243 g/mol. The fourth-order valence-electron chi connectivity index (χ4n) is 2.53. The van der Waals surface area contributed by atoms with Crippen LogP contribution in [0.25, 0.3) is 0 Å². The van der Waals surface area contributed by atoms with Crippen molar-refractivity contribution in [2.45, 2.75) is 43.7 Å². The van der Waals surface area contributed by atoms with Gasteiger partial charge in [0.05, 0.1) is 32.0 Å². The topological polar surface area (TPSA) is 67.8 Å². The Morgan fingerprint density at radius 3 is 2.65 bits per heavy atom. The molecule has 0 bridgehead atoms. The van der Waals surface area contributed by atoms with E-state index in [2.05, 4.69) is 5.32 Å². The Hall–Kier alpha value is -0.650. The van der Waals surface area contributed by atoms with Crippen LogP contribution in [0, 0.1) is 0 Å². The van der Waals surface area contributed by atoms with Gasteiger partial charge in [0.15, 0.2) is 6.10 Å². The van der Waals surface area contributed by atoms with E-state index in [1.165, 1.54) is 6.42 Å². The summed E-state index contributed by atoms with van der Waals surface area (Å²) >= 11 is 0. The first kappa shape index (κ1) is 12.8. The van der Waals surface area contributed by atoms with Crippen molar-refractivity contribution in [2.75, 3.05) is 26.4 Å².